The summed E-state index contributed by atoms with van der Waals surface area (Å²) in [5.74, 6) is -0.0609. The van der Waals surface area contributed by atoms with Crippen LogP contribution in [-0.2, 0) is 6.54 Å². The monoisotopic (exact) mass is 374 g/mol. The summed E-state index contributed by atoms with van der Waals surface area (Å²) in [7, 11) is 0. The van der Waals surface area contributed by atoms with Crippen molar-refractivity contribution < 1.29 is 4.79 Å². The fraction of sp³-hybridized carbons (Fsp3) is 0.250. The van der Waals surface area contributed by atoms with Gasteiger partial charge in [-0.3, -0.25) is 9.69 Å². The highest BCUT2D eigenvalue weighted by Crippen LogP contribution is 2.16. The molecule has 0 aliphatic carbocycles. The van der Waals surface area contributed by atoms with Gasteiger partial charge in [0, 0.05) is 55.6 Å². The Bertz CT molecular complexity index is 751. The van der Waals surface area contributed by atoms with Crippen LogP contribution in [-0.4, -0.2) is 41.8 Å². The zero-order chi connectivity index (χ0) is 17.6. The van der Waals surface area contributed by atoms with E-state index in [-0.39, 0.29) is 5.78 Å². The molecule has 0 saturated carbocycles. The Morgan fingerprint density at radius 1 is 0.960 bits per heavy atom. The van der Waals surface area contributed by atoms with Crippen LogP contribution in [0.2, 0.25) is 10.0 Å². The highest BCUT2D eigenvalue weighted by molar-refractivity contribution is 6.34. The van der Waals surface area contributed by atoms with E-state index in [1.807, 2.05) is 30.5 Å². The van der Waals surface area contributed by atoms with Crippen LogP contribution in [0.1, 0.15) is 15.9 Å². The predicted molar refractivity (Wildman–Crippen MR) is 103 cm³/mol. The van der Waals surface area contributed by atoms with E-state index in [1.54, 1.807) is 18.2 Å². The van der Waals surface area contributed by atoms with E-state index < -0.39 is 0 Å². The number of rotatable bonds is 5. The molecule has 0 spiro atoms. The molecule has 25 heavy (non-hydrogen) atoms. The van der Waals surface area contributed by atoms with Crippen molar-refractivity contribution in [3.8, 4) is 0 Å². The van der Waals surface area contributed by atoms with Gasteiger partial charge in [-0.2, -0.15) is 0 Å². The molecule has 0 amide bonds. The summed E-state index contributed by atoms with van der Waals surface area (Å²) in [5.41, 5.74) is 1.81. The lowest BCUT2D eigenvalue weighted by atomic mass is 10.1. The minimum absolute atomic E-state index is 0.0609. The van der Waals surface area contributed by atoms with Crippen LogP contribution in [0.25, 0.3) is 0 Å². The summed E-state index contributed by atoms with van der Waals surface area (Å²) >= 11 is 12.0. The molecule has 2 aromatic rings. The molecule has 0 unspecified atom stereocenters. The van der Waals surface area contributed by atoms with E-state index in [1.165, 1.54) is 5.56 Å². The lowest BCUT2D eigenvalue weighted by molar-refractivity contribution is 0.104. The third kappa shape index (κ3) is 5.08. The summed E-state index contributed by atoms with van der Waals surface area (Å²) < 4.78 is 0. The van der Waals surface area contributed by atoms with Gasteiger partial charge in [-0.15, -0.1) is 0 Å². The van der Waals surface area contributed by atoms with Gasteiger partial charge in [-0.25, -0.2) is 0 Å². The van der Waals surface area contributed by atoms with E-state index in [9.17, 15) is 4.79 Å². The fourth-order valence-electron chi connectivity index (χ4n) is 2.84. The second-order valence-electron chi connectivity index (χ2n) is 6.10. The maximum atomic E-state index is 12.2. The minimum atomic E-state index is -0.0609. The van der Waals surface area contributed by atoms with Gasteiger partial charge in [0.25, 0.3) is 0 Å². The Kier molecular flexibility index (Phi) is 6.14. The topological polar surface area (TPSA) is 23.6 Å². The molecule has 0 aromatic heterocycles. The molecule has 0 radical (unpaired) electrons. The summed E-state index contributed by atoms with van der Waals surface area (Å²) in [6.45, 7) is 4.66. The highest BCUT2D eigenvalue weighted by Gasteiger charge is 2.15. The molecule has 1 aliphatic rings. The van der Waals surface area contributed by atoms with Gasteiger partial charge >= 0.3 is 0 Å². The molecule has 5 heteroatoms. The smallest absolute Gasteiger partial charge is 0.188 e. The van der Waals surface area contributed by atoms with Crippen LogP contribution in [0.15, 0.2) is 60.8 Å². The largest absolute Gasteiger partial charge is 0.375 e. The summed E-state index contributed by atoms with van der Waals surface area (Å²) in [4.78, 5) is 16.8. The van der Waals surface area contributed by atoms with E-state index in [0.29, 0.717) is 10.6 Å². The minimum Gasteiger partial charge on any atom is -0.375 e. The number of nitrogens with zero attached hydrogens (tertiary/aromatic N) is 2. The SMILES string of the molecule is O=C(/C=C/N1CCN(Cc2ccc(Cl)cc2)CC1)c1ccccc1Cl. The van der Waals surface area contributed by atoms with E-state index in [0.717, 1.165) is 37.7 Å². The second-order valence-corrected chi connectivity index (χ2v) is 6.94. The van der Waals surface area contributed by atoms with Crippen molar-refractivity contribution in [1.82, 2.24) is 9.80 Å². The standard InChI is InChI=1S/C20H20Cl2N2O/c21-17-7-5-16(6-8-17)15-24-13-11-23(12-14-24)10-9-20(25)18-3-1-2-4-19(18)22/h1-10H,11-15H2/b10-9+. The first-order chi connectivity index (χ1) is 12.1. The third-order valence-corrected chi connectivity index (χ3v) is 4.88. The first-order valence-electron chi connectivity index (χ1n) is 8.30. The van der Waals surface area contributed by atoms with Crippen molar-refractivity contribution in [2.24, 2.45) is 0 Å². The molecule has 130 valence electrons. The normalized spacial score (nSPS) is 15.7. The van der Waals surface area contributed by atoms with Gasteiger partial charge in [-0.1, -0.05) is 47.5 Å². The number of carbonyl (C=O) groups is 1. The predicted octanol–water partition coefficient (Wildman–Crippen LogP) is 4.51. The number of hydrogen-bond donors (Lipinski definition) is 0. The summed E-state index contributed by atoms with van der Waals surface area (Å²) in [5, 5.41) is 1.26. The lowest BCUT2D eigenvalue weighted by Crippen LogP contribution is -2.43. The maximum Gasteiger partial charge on any atom is 0.188 e. The Morgan fingerprint density at radius 2 is 1.64 bits per heavy atom. The number of carbonyl (C=O) groups excluding carboxylic acids is 1. The molecule has 1 aliphatic heterocycles. The van der Waals surface area contributed by atoms with Gasteiger partial charge in [0.05, 0.1) is 5.02 Å². The first kappa shape index (κ1) is 18.0. The Hall–Kier alpha value is -1.81. The van der Waals surface area contributed by atoms with Crippen LogP contribution < -0.4 is 0 Å². The first-order valence-corrected chi connectivity index (χ1v) is 9.05. The van der Waals surface area contributed by atoms with E-state index >= 15 is 0 Å². The number of benzene rings is 2. The van der Waals surface area contributed by atoms with Crippen LogP contribution in [0.5, 0.6) is 0 Å². The molecular formula is C20H20Cl2N2O. The van der Waals surface area contributed by atoms with Crippen LogP contribution in [0, 0.1) is 0 Å². The van der Waals surface area contributed by atoms with Crippen molar-refractivity contribution >= 4 is 29.0 Å². The highest BCUT2D eigenvalue weighted by atomic mass is 35.5. The fourth-order valence-corrected chi connectivity index (χ4v) is 3.20. The van der Waals surface area contributed by atoms with Gasteiger partial charge in [0.1, 0.15) is 0 Å². The van der Waals surface area contributed by atoms with Crippen molar-refractivity contribution in [1.29, 1.82) is 0 Å². The van der Waals surface area contributed by atoms with Gasteiger partial charge in [0.2, 0.25) is 0 Å². The Labute approximate surface area is 158 Å². The zero-order valence-electron chi connectivity index (χ0n) is 13.9. The Balaban J connectivity index is 1.50. The molecule has 3 nitrogen and oxygen atoms in total. The second kappa shape index (κ2) is 8.52. The van der Waals surface area contributed by atoms with Gasteiger partial charge in [-0.05, 0) is 29.8 Å². The van der Waals surface area contributed by atoms with Crippen molar-refractivity contribution in [3.63, 3.8) is 0 Å². The molecule has 0 bridgehead atoms. The summed E-state index contributed by atoms with van der Waals surface area (Å²) in [6.07, 6.45) is 3.49. The Morgan fingerprint density at radius 3 is 2.32 bits per heavy atom. The van der Waals surface area contributed by atoms with Crippen molar-refractivity contribution in [2.75, 3.05) is 26.2 Å². The molecule has 0 atom stereocenters. The molecule has 1 saturated heterocycles. The number of ketones is 1. The number of allylic oxidation sites excluding steroid dienone is 1. The van der Waals surface area contributed by atoms with Crippen molar-refractivity contribution in [2.45, 2.75) is 6.54 Å². The molecule has 1 fully saturated rings. The number of piperazine rings is 1. The molecular weight excluding hydrogens is 355 g/mol. The van der Waals surface area contributed by atoms with Crippen LogP contribution in [0.4, 0.5) is 0 Å². The average molecular weight is 375 g/mol. The maximum absolute atomic E-state index is 12.2. The quantitative estimate of drug-likeness (QED) is 0.568. The number of hydrogen-bond acceptors (Lipinski definition) is 3. The summed E-state index contributed by atoms with van der Waals surface area (Å²) in [6, 6.07) is 15.1. The average Bonchev–Trinajstić information content (AvgIpc) is 2.63. The molecule has 3 rings (SSSR count). The third-order valence-electron chi connectivity index (χ3n) is 4.30. The lowest BCUT2D eigenvalue weighted by Gasteiger charge is -2.34. The molecule has 0 N–H and O–H groups in total. The zero-order valence-corrected chi connectivity index (χ0v) is 15.4. The van der Waals surface area contributed by atoms with Gasteiger partial charge < -0.3 is 4.90 Å². The van der Waals surface area contributed by atoms with Crippen LogP contribution >= 0.6 is 23.2 Å². The van der Waals surface area contributed by atoms with Crippen molar-refractivity contribution in [3.05, 3.63) is 82.0 Å². The van der Waals surface area contributed by atoms with Crippen LogP contribution in [0.3, 0.4) is 0 Å². The molecule has 2 aromatic carbocycles. The molecule has 1 heterocycles. The van der Waals surface area contributed by atoms with E-state index in [2.05, 4.69) is 21.9 Å². The van der Waals surface area contributed by atoms with E-state index in [4.69, 9.17) is 23.2 Å². The number of halogens is 2. The van der Waals surface area contributed by atoms with Gasteiger partial charge in [0.15, 0.2) is 5.78 Å².